The molecule has 1 N–H and O–H groups in total. The Balaban J connectivity index is 1.26. The van der Waals surface area contributed by atoms with E-state index in [2.05, 4.69) is 25.0 Å². The first-order valence-corrected chi connectivity index (χ1v) is 13.1. The van der Waals surface area contributed by atoms with Crippen LogP contribution in [0.25, 0.3) is 5.69 Å². The number of thioether (sulfide) groups is 1. The van der Waals surface area contributed by atoms with Gasteiger partial charge in [-0.3, -0.25) is 14.3 Å². The molecule has 0 saturated carbocycles. The van der Waals surface area contributed by atoms with Crippen LogP contribution in [0.3, 0.4) is 0 Å². The summed E-state index contributed by atoms with van der Waals surface area (Å²) in [5, 5.41) is 12.3. The Morgan fingerprint density at radius 1 is 0.917 bits per heavy atom. The van der Waals surface area contributed by atoms with Gasteiger partial charge >= 0.3 is 0 Å². The van der Waals surface area contributed by atoms with E-state index in [4.69, 9.17) is 4.74 Å². The Bertz CT molecular complexity index is 1270. The highest BCUT2D eigenvalue weighted by Gasteiger charge is 2.23. The summed E-state index contributed by atoms with van der Waals surface area (Å²) in [4.78, 5) is 15.4. The molecule has 1 atom stereocenters. The molecule has 5 rings (SSSR count). The first-order chi connectivity index (χ1) is 17.7. The van der Waals surface area contributed by atoms with Crippen molar-refractivity contribution in [3.05, 3.63) is 90.8 Å². The number of rotatable bonds is 9. The monoisotopic (exact) mass is 499 g/mol. The van der Waals surface area contributed by atoms with Crippen LogP contribution in [0.5, 0.6) is 11.5 Å². The fourth-order valence-corrected chi connectivity index (χ4v) is 5.03. The van der Waals surface area contributed by atoms with Gasteiger partial charge in [0.15, 0.2) is 11.0 Å². The van der Waals surface area contributed by atoms with Crippen LogP contribution in [-0.4, -0.2) is 43.9 Å². The lowest BCUT2D eigenvalue weighted by Crippen LogP contribution is -2.23. The van der Waals surface area contributed by atoms with Crippen molar-refractivity contribution in [2.45, 2.75) is 36.7 Å². The summed E-state index contributed by atoms with van der Waals surface area (Å²) in [5.74, 6) is 2.28. The van der Waals surface area contributed by atoms with Crippen molar-refractivity contribution in [3.63, 3.8) is 0 Å². The third kappa shape index (κ3) is 5.95. The van der Waals surface area contributed by atoms with Crippen molar-refractivity contribution < 1.29 is 9.53 Å². The van der Waals surface area contributed by atoms with Gasteiger partial charge in [-0.1, -0.05) is 48.2 Å². The molecule has 1 aromatic heterocycles. The molecule has 7 nitrogen and oxygen atoms in total. The topological polar surface area (TPSA) is 72.3 Å². The van der Waals surface area contributed by atoms with Gasteiger partial charge in [0.2, 0.25) is 5.91 Å². The van der Waals surface area contributed by atoms with E-state index in [0.29, 0.717) is 16.6 Å². The number of ether oxygens (including phenoxy) is 1. The van der Waals surface area contributed by atoms with Crippen molar-refractivity contribution in [2.24, 2.45) is 0 Å². The summed E-state index contributed by atoms with van der Waals surface area (Å²) < 4.78 is 7.90. The molecular formula is C28H29N5O2S. The molecule has 0 spiro atoms. The fraction of sp³-hybridized carbons (Fsp3) is 0.250. The zero-order chi connectivity index (χ0) is 24.7. The van der Waals surface area contributed by atoms with E-state index >= 15 is 0 Å². The molecule has 3 aromatic carbocycles. The smallest absolute Gasteiger partial charge is 0.237 e. The molecule has 184 valence electrons. The molecule has 0 bridgehead atoms. The maximum Gasteiger partial charge on any atom is 0.237 e. The zero-order valence-corrected chi connectivity index (χ0v) is 21.0. The van der Waals surface area contributed by atoms with Crippen LogP contribution in [-0.2, 0) is 11.3 Å². The number of hydrogen-bond donors (Lipinski definition) is 1. The van der Waals surface area contributed by atoms with Crippen LogP contribution in [0.15, 0.2) is 90.1 Å². The Morgan fingerprint density at radius 2 is 1.56 bits per heavy atom. The second kappa shape index (κ2) is 11.4. The lowest BCUT2D eigenvalue weighted by Gasteiger charge is -2.17. The van der Waals surface area contributed by atoms with Crippen molar-refractivity contribution in [1.29, 1.82) is 0 Å². The van der Waals surface area contributed by atoms with Gasteiger partial charge in [0.25, 0.3) is 0 Å². The quantitative estimate of drug-likeness (QED) is 0.295. The van der Waals surface area contributed by atoms with Gasteiger partial charge in [0.05, 0.1) is 11.8 Å². The SMILES string of the molecule is CC(Sc1nnc(CN2CCCC2)n1-c1ccccc1)C(=O)Nc1ccc(Oc2ccccc2)cc1. The molecule has 1 unspecified atom stereocenters. The maximum absolute atomic E-state index is 13.0. The van der Waals surface area contributed by atoms with E-state index in [0.717, 1.165) is 36.9 Å². The van der Waals surface area contributed by atoms with Gasteiger partial charge in [-0.05, 0) is 81.4 Å². The third-order valence-corrected chi connectivity index (χ3v) is 7.07. The van der Waals surface area contributed by atoms with E-state index in [-0.39, 0.29) is 11.2 Å². The first-order valence-electron chi connectivity index (χ1n) is 12.2. The normalized spacial score (nSPS) is 14.5. The number of hydrogen-bond acceptors (Lipinski definition) is 6. The second-order valence-electron chi connectivity index (χ2n) is 8.74. The van der Waals surface area contributed by atoms with Crippen LogP contribution in [0.4, 0.5) is 5.69 Å². The van der Waals surface area contributed by atoms with E-state index in [1.54, 1.807) is 0 Å². The number of carbonyl (C=O) groups is 1. The molecule has 8 heteroatoms. The van der Waals surface area contributed by atoms with Crippen molar-refractivity contribution in [2.75, 3.05) is 18.4 Å². The Morgan fingerprint density at radius 3 is 2.25 bits per heavy atom. The van der Waals surface area contributed by atoms with Crippen LogP contribution in [0.1, 0.15) is 25.6 Å². The maximum atomic E-state index is 13.0. The number of aromatic nitrogens is 3. The van der Waals surface area contributed by atoms with Gasteiger partial charge in [0.1, 0.15) is 11.5 Å². The Labute approximate surface area is 215 Å². The summed E-state index contributed by atoms with van der Waals surface area (Å²) >= 11 is 1.41. The second-order valence-corrected chi connectivity index (χ2v) is 10.0. The standard InChI is InChI=1S/C28H29N5O2S/c1-21(27(34)29-22-14-16-25(17-15-22)35-24-12-6-3-7-13-24)36-28-31-30-26(20-32-18-8-9-19-32)33(28)23-10-4-2-5-11-23/h2-7,10-17,21H,8-9,18-20H2,1H3,(H,29,34). The number of carbonyl (C=O) groups excluding carboxylic acids is 1. The number of para-hydroxylation sites is 2. The lowest BCUT2D eigenvalue weighted by atomic mass is 10.3. The number of amides is 1. The average molecular weight is 500 g/mol. The predicted octanol–water partition coefficient (Wildman–Crippen LogP) is 5.77. The molecule has 2 heterocycles. The number of benzene rings is 3. The summed E-state index contributed by atoms with van der Waals surface area (Å²) in [5.41, 5.74) is 1.72. The van der Waals surface area contributed by atoms with Crippen LogP contribution >= 0.6 is 11.8 Å². The molecule has 36 heavy (non-hydrogen) atoms. The highest BCUT2D eigenvalue weighted by Crippen LogP contribution is 2.28. The third-order valence-electron chi connectivity index (χ3n) is 6.03. The van der Waals surface area contributed by atoms with E-state index in [1.165, 1.54) is 24.6 Å². The Kier molecular flexibility index (Phi) is 7.64. The highest BCUT2D eigenvalue weighted by molar-refractivity contribution is 8.00. The molecular weight excluding hydrogens is 470 g/mol. The van der Waals surface area contributed by atoms with Crippen molar-refractivity contribution in [3.8, 4) is 17.2 Å². The van der Waals surface area contributed by atoms with Gasteiger partial charge in [-0.2, -0.15) is 0 Å². The van der Waals surface area contributed by atoms with Crippen LogP contribution in [0.2, 0.25) is 0 Å². The Hall–Kier alpha value is -3.62. The largest absolute Gasteiger partial charge is 0.457 e. The number of likely N-dealkylation sites (tertiary alicyclic amines) is 1. The molecule has 0 aliphatic carbocycles. The summed E-state index contributed by atoms with van der Waals surface area (Å²) in [6.07, 6.45) is 2.44. The number of nitrogens with zero attached hydrogens (tertiary/aromatic N) is 4. The summed E-state index contributed by atoms with van der Waals surface area (Å²) in [6, 6.07) is 27.1. The molecule has 1 fully saturated rings. The average Bonchev–Trinajstić information content (AvgIpc) is 3.56. The number of nitrogens with one attached hydrogen (secondary N) is 1. The highest BCUT2D eigenvalue weighted by atomic mass is 32.2. The molecule has 1 aliphatic heterocycles. The van der Waals surface area contributed by atoms with Gasteiger partial charge in [0, 0.05) is 11.4 Å². The zero-order valence-electron chi connectivity index (χ0n) is 20.2. The molecule has 1 amide bonds. The summed E-state index contributed by atoms with van der Waals surface area (Å²) in [6.45, 7) is 4.80. The van der Waals surface area contributed by atoms with Gasteiger partial charge in [-0.15, -0.1) is 10.2 Å². The van der Waals surface area contributed by atoms with Crippen LogP contribution in [0, 0.1) is 0 Å². The van der Waals surface area contributed by atoms with Gasteiger partial charge in [-0.25, -0.2) is 0 Å². The van der Waals surface area contributed by atoms with Crippen molar-refractivity contribution in [1.82, 2.24) is 19.7 Å². The summed E-state index contributed by atoms with van der Waals surface area (Å²) in [7, 11) is 0. The minimum absolute atomic E-state index is 0.0968. The van der Waals surface area contributed by atoms with E-state index in [9.17, 15) is 4.79 Å². The first kappa shape index (κ1) is 24.1. The predicted molar refractivity (Wildman–Crippen MR) is 143 cm³/mol. The molecule has 4 aromatic rings. The molecule has 1 aliphatic rings. The minimum Gasteiger partial charge on any atom is -0.457 e. The number of anilines is 1. The van der Waals surface area contributed by atoms with Crippen molar-refractivity contribution >= 4 is 23.4 Å². The molecule has 0 radical (unpaired) electrons. The fourth-order valence-electron chi connectivity index (χ4n) is 4.14. The van der Waals surface area contributed by atoms with Gasteiger partial charge < -0.3 is 10.1 Å². The molecule has 1 saturated heterocycles. The lowest BCUT2D eigenvalue weighted by molar-refractivity contribution is -0.115. The van der Waals surface area contributed by atoms with Crippen LogP contribution < -0.4 is 10.1 Å². The van der Waals surface area contributed by atoms with E-state index < -0.39 is 0 Å². The minimum atomic E-state index is -0.364. The van der Waals surface area contributed by atoms with E-state index in [1.807, 2.05) is 91.9 Å².